The highest BCUT2D eigenvalue weighted by atomic mass is 16.5. The molecule has 0 atom stereocenters. The summed E-state index contributed by atoms with van der Waals surface area (Å²) >= 11 is 0. The van der Waals surface area contributed by atoms with Gasteiger partial charge < -0.3 is 4.74 Å². The summed E-state index contributed by atoms with van der Waals surface area (Å²) in [6.45, 7) is 1.99. The van der Waals surface area contributed by atoms with Crippen LogP contribution in [0.3, 0.4) is 0 Å². The molecule has 0 saturated heterocycles. The fourth-order valence-electron chi connectivity index (χ4n) is 1.86. The molecule has 0 amide bonds. The first kappa shape index (κ1) is 13.9. The van der Waals surface area contributed by atoms with Crippen LogP contribution in [0.2, 0.25) is 0 Å². The lowest BCUT2D eigenvalue weighted by molar-refractivity contribution is -0.144. The zero-order valence-corrected chi connectivity index (χ0v) is 11.2. The molecular weight excluding hydrogens is 254 g/mol. The molecule has 2 aromatic rings. The van der Waals surface area contributed by atoms with Crippen molar-refractivity contribution in [2.45, 2.75) is 13.3 Å². The molecule has 0 aliphatic heterocycles. The number of allylic oxidation sites excluding steroid dienone is 1. The quantitative estimate of drug-likeness (QED) is 0.476. The van der Waals surface area contributed by atoms with Gasteiger partial charge in [-0.05, 0) is 30.7 Å². The largest absolute Gasteiger partial charge is 0.466 e. The van der Waals surface area contributed by atoms with Crippen LogP contribution in [-0.2, 0) is 14.3 Å². The molecule has 0 radical (unpaired) electrons. The number of carbonyl (C=O) groups excluding carboxylic acids is 2. The summed E-state index contributed by atoms with van der Waals surface area (Å²) in [6.07, 6.45) is 4.56. The number of hydrogen-bond donors (Lipinski definition) is 0. The average Bonchev–Trinajstić information content (AvgIpc) is 2.45. The van der Waals surface area contributed by atoms with Crippen molar-refractivity contribution in [1.29, 1.82) is 0 Å². The summed E-state index contributed by atoms with van der Waals surface area (Å²) in [5.74, 6) is -0.772. The average molecular weight is 269 g/mol. The van der Waals surface area contributed by atoms with Crippen LogP contribution in [0.5, 0.6) is 0 Å². The fraction of sp³-hybridized carbons (Fsp3) is 0.188. The minimum absolute atomic E-state index is 0.229. The van der Waals surface area contributed by atoms with Crippen molar-refractivity contribution in [3.63, 3.8) is 0 Å². The van der Waals surface area contributed by atoms with Crippen molar-refractivity contribution in [2.75, 3.05) is 6.61 Å². The highest BCUT2D eigenvalue weighted by Gasteiger charge is 2.07. The number of aromatic nitrogens is 1. The summed E-state index contributed by atoms with van der Waals surface area (Å²) in [5, 5.41) is 0.968. The van der Waals surface area contributed by atoms with E-state index in [-0.39, 0.29) is 18.8 Å². The van der Waals surface area contributed by atoms with Crippen LogP contribution in [0.25, 0.3) is 17.0 Å². The van der Waals surface area contributed by atoms with E-state index in [0.717, 1.165) is 16.5 Å². The molecule has 4 heteroatoms. The van der Waals surface area contributed by atoms with Gasteiger partial charge in [0.05, 0.1) is 12.1 Å². The summed E-state index contributed by atoms with van der Waals surface area (Å²) in [6, 6.07) is 9.51. The van der Waals surface area contributed by atoms with Gasteiger partial charge in [-0.25, -0.2) is 0 Å². The molecule has 2 rings (SSSR count). The van der Waals surface area contributed by atoms with Gasteiger partial charge in [0.25, 0.3) is 0 Å². The molecule has 0 N–H and O–H groups in total. The summed E-state index contributed by atoms with van der Waals surface area (Å²) in [7, 11) is 0. The van der Waals surface area contributed by atoms with E-state index in [9.17, 15) is 9.59 Å². The van der Waals surface area contributed by atoms with Gasteiger partial charge in [0.15, 0.2) is 5.78 Å². The van der Waals surface area contributed by atoms with Crippen LogP contribution >= 0.6 is 0 Å². The van der Waals surface area contributed by atoms with Gasteiger partial charge >= 0.3 is 5.97 Å². The predicted molar refractivity (Wildman–Crippen MR) is 77.0 cm³/mol. The Morgan fingerprint density at radius 2 is 2.05 bits per heavy atom. The van der Waals surface area contributed by atoms with Crippen molar-refractivity contribution in [3.05, 3.63) is 48.2 Å². The first-order valence-electron chi connectivity index (χ1n) is 6.41. The van der Waals surface area contributed by atoms with Crippen LogP contribution in [-0.4, -0.2) is 23.3 Å². The smallest absolute Gasteiger partial charge is 0.313 e. The van der Waals surface area contributed by atoms with E-state index in [4.69, 9.17) is 4.74 Å². The lowest BCUT2D eigenvalue weighted by Gasteiger charge is -2.01. The van der Waals surface area contributed by atoms with Crippen molar-refractivity contribution < 1.29 is 14.3 Å². The Bertz CT molecular complexity index is 656. The number of nitrogens with zero attached hydrogens (tertiary/aromatic N) is 1. The van der Waals surface area contributed by atoms with Crippen LogP contribution < -0.4 is 0 Å². The first-order chi connectivity index (χ1) is 9.70. The van der Waals surface area contributed by atoms with Crippen LogP contribution in [0.1, 0.15) is 18.9 Å². The SMILES string of the molecule is CCOC(=O)CC(=O)C=Cc1ccnc2ccccc12. The molecule has 1 aromatic carbocycles. The molecule has 0 spiro atoms. The number of para-hydroxylation sites is 1. The monoisotopic (exact) mass is 269 g/mol. The third-order valence-corrected chi connectivity index (χ3v) is 2.76. The van der Waals surface area contributed by atoms with Gasteiger partial charge in [-0.15, -0.1) is 0 Å². The van der Waals surface area contributed by atoms with E-state index in [0.29, 0.717) is 0 Å². The Morgan fingerprint density at radius 3 is 2.85 bits per heavy atom. The molecule has 0 aliphatic carbocycles. The molecule has 4 nitrogen and oxygen atoms in total. The number of ether oxygens (including phenoxy) is 1. The fourth-order valence-corrected chi connectivity index (χ4v) is 1.86. The minimum Gasteiger partial charge on any atom is -0.466 e. The van der Waals surface area contributed by atoms with Crippen molar-refractivity contribution in [2.24, 2.45) is 0 Å². The van der Waals surface area contributed by atoms with Gasteiger partial charge in [0.2, 0.25) is 0 Å². The number of carbonyl (C=O) groups is 2. The third kappa shape index (κ3) is 3.51. The molecule has 0 bridgehead atoms. The first-order valence-corrected chi connectivity index (χ1v) is 6.41. The van der Waals surface area contributed by atoms with Gasteiger partial charge in [0.1, 0.15) is 6.42 Å². The Kier molecular flexibility index (Phi) is 4.60. The van der Waals surface area contributed by atoms with Crippen molar-refractivity contribution in [3.8, 4) is 0 Å². The molecule has 0 aliphatic rings. The number of fused-ring (bicyclic) bond motifs is 1. The third-order valence-electron chi connectivity index (χ3n) is 2.76. The highest BCUT2D eigenvalue weighted by molar-refractivity contribution is 6.04. The van der Waals surface area contributed by atoms with Crippen molar-refractivity contribution in [1.82, 2.24) is 4.98 Å². The molecule has 20 heavy (non-hydrogen) atoms. The minimum atomic E-state index is -0.498. The second-order valence-electron chi connectivity index (χ2n) is 4.20. The van der Waals surface area contributed by atoms with Gasteiger partial charge in [-0.3, -0.25) is 14.6 Å². The number of pyridine rings is 1. The number of ketones is 1. The number of hydrogen-bond acceptors (Lipinski definition) is 4. The predicted octanol–water partition coefficient (Wildman–Crippen LogP) is 2.77. The standard InChI is InChI=1S/C16H15NO3/c1-2-20-16(19)11-13(18)8-7-12-9-10-17-15-6-4-3-5-14(12)15/h3-10H,2,11H2,1H3. The second-order valence-corrected chi connectivity index (χ2v) is 4.20. The van der Waals surface area contributed by atoms with E-state index < -0.39 is 5.97 Å². The maximum Gasteiger partial charge on any atom is 0.313 e. The zero-order chi connectivity index (χ0) is 14.4. The summed E-state index contributed by atoms with van der Waals surface area (Å²) in [5.41, 5.74) is 1.76. The van der Waals surface area contributed by atoms with Crippen LogP contribution in [0.4, 0.5) is 0 Å². The normalized spacial score (nSPS) is 10.8. The number of esters is 1. The molecular formula is C16H15NO3. The highest BCUT2D eigenvalue weighted by Crippen LogP contribution is 2.17. The maximum absolute atomic E-state index is 11.6. The molecule has 102 valence electrons. The van der Waals surface area contributed by atoms with E-state index in [1.807, 2.05) is 30.3 Å². The second kappa shape index (κ2) is 6.61. The van der Waals surface area contributed by atoms with E-state index in [2.05, 4.69) is 4.98 Å². The molecule has 1 aromatic heterocycles. The van der Waals surface area contributed by atoms with E-state index >= 15 is 0 Å². The molecule has 1 heterocycles. The number of rotatable bonds is 5. The van der Waals surface area contributed by atoms with Gasteiger partial charge in [0, 0.05) is 11.6 Å². The molecule has 0 unspecified atom stereocenters. The molecule has 0 saturated carbocycles. The lowest BCUT2D eigenvalue weighted by Crippen LogP contribution is -2.09. The number of benzene rings is 1. The lowest BCUT2D eigenvalue weighted by atomic mass is 10.1. The van der Waals surface area contributed by atoms with Crippen LogP contribution in [0.15, 0.2) is 42.6 Å². The van der Waals surface area contributed by atoms with Crippen LogP contribution in [0, 0.1) is 0 Å². The molecule has 0 fully saturated rings. The Hall–Kier alpha value is -2.49. The van der Waals surface area contributed by atoms with Gasteiger partial charge in [-0.2, -0.15) is 0 Å². The van der Waals surface area contributed by atoms with Gasteiger partial charge in [-0.1, -0.05) is 24.3 Å². The maximum atomic E-state index is 11.6. The summed E-state index contributed by atoms with van der Waals surface area (Å²) < 4.78 is 4.73. The Labute approximate surface area is 117 Å². The summed E-state index contributed by atoms with van der Waals surface area (Å²) in [4.78, 5) is 27.1. The Balaban J connectivity index is 2.14. The topological polar surface area (TPSA) is 56.3 Å². The van der Waals surface area contributed by atoms with E-state index in [1.54, 1.807) is 19.2 Å². The van der Waals surface area contributed by atoms with E-state index in [1.165, 1.54) is 6.08 Å². The van der Waals surface area contributed by atoms with Crippen molar-refractivity contribution >= 4 is 28.7 Å². The Morgan fingerprint density at radius 1 is 1.25 bits per heavy atom. The zero-order valence-electron chi connectivity index (χ0n) is 11.2.